The van der Waals surface area contributed by atoms with Gasteiger partial charge in [0.25, 0.3) is 0 Å². The summed E-state index contributed by atoms with van der Waals surface area (Å²) >= 11 is 0. The molecule has 0 atom stereocenters. The highest BCUT2D eigenvalue weighted by molar-refractivity contribution is 5.76. The predicted octanol–water partition coefficient (Wildman–Crippen LogP) is 1.96. The Morgan fingerprint density at radius 1 is 1.33 bits per heavy atom. The third-order valence-corrected chi connectivity index (χ3v) is 1.33. The van der Waals surface area contributed by atoms with Gasteiger partial charge in [0.1, 0.15) is 0 Å². The third kappa shape index (κ3) is 8.81. The Balaban J connectivity index is 0.000000423. The molecule has 1 rings (SSSR count). The van der Waals surface area contributed by atoms with E-state index < -0.39 is 0 Å². The molecule has 84 valence electrons. The average molecular weight is 208 g/mol. The molecule has 1 amide bonds. The highest BCUT2D eigenvalue weighted by Crippen LogP contribution is 2.06. The fourth-order valence-corrected chi connectivity index (χ4v) is 0.904. The van der Waals surface area contributed by atoms with Crippen LogP contribution in [0.3, 0.4) is 0 Å². The molecule has 0 aliphatic rings. The van der Waals surface area contributed by atoms with Crippen LogP contribution in [0.15, 0.2) is 24.3 Å². The maximum atomic E-state index is 10.5. The van der Waals surface area contributed by atoms with Gasteiger partial charge in [-0.15, -0.1) is 0 Å². The van der Waals surface area contributed by atoms with E-state index in [0.717, 1.165) is 11.5 Å². The number of amides is 1. The molecule has 0 saturated heterocycles. The minimum Gasteiger partial charge on any atom is -0.399 e. The van der Waals surface area contributed by atoms with Gasteiger partial charge in [-0.2, -0.15) is 0 Å². The van der Waals surface area contributed by atoms with E-state index in [0.29, 0.717) is 5.69 Å². The van der Waals surface area contributed by atoms with Gasteiger partial charge in [0.05, 0.1) is 6.42 Å². The van der Waals surface area contributed by atoms with Crippen LogP contribution in [0, 0.1) is 5.92 Å². The van der Waals surface area contributed by atoms with Crippen molar-refractivity contribution in [2.24, 2.45) is 11.7 Å². The number of rotatable bonds is 2. The van der Waals surface area contributed by atoms with Gasteiger partial charge in [-0.25, -0.2) is 0 Å². The van der Waals surface area contributed by atoms with Crippen molar-refractivity contribution < 1.29 is 4.79 Å². The summed E-state index contributed by atoms with van der Waals surface area (Å²) in [6, 6.07) is 7.13. The van der Waals surface area contributed by atoms with Crippen LogP contribution < -0.4 is 11.5 Å². The minimum atomic E-state index is -0.337. The van der Waals surface area contributed by atoms with Crippen molar-refractivity contribution in [1.29, 1.82) is 0 Å². The van der Waals surface area contributed by atoms with Gasteiger partial charge in [-0.3, -0.25) is 4.79 Å². The molecule has 1 aromatic rings. The molecular weight excluding hydrogens is 188 g/mol. The normalized spacial score (nSPS) is 9.33. The zero-order valence-corrected chi connectivity index (χ0v) is 9.66. The van der Waals surface area contributed by atoms with Gasteiger partial charge in [-0.05, 0) is 23.6 Å². The fourth-order valence-electron chi connectivity index (χ4n) is 0.904. The highest BCUT2D eigenvalue weighted by atomic mass is 16.1. The lowest BCUT2D eigenvalue weighted by Crippen LogP contribution is -2.13. The number of hydrogen-bond donors (Lipinski definition) is 2. The van der Waals surface area contributed by atoms with E-state index in [9.17, 15) is 4.79 Å². The number of primary amides is 1. The van der Waals surface area contributed by atoms with E-state index in [-0.39, 0.29) is 12.3 Å². The van der Waals surface area contributed by atoms with E-state index in [1.54, 1.807) is 18.2 Å². The molecule has 0 radical (unpaired) electrons. The molecule has 0 bridgehead atoms. The van der Waals surface area contributed by atoms with Crippen LogP contribution in [0.25, 0.3) is 0 Å². The molecule has 0 aliphatic heterocycles. The molecule has 0 heterocycles. The zero-order chi connectivity index (χ0) is 11.8. The molecule has 0 aromatic heterocycles. The number of hydrogen-bond acceptors (Lipinski definition) is 2. The van der Waals surface area contributed by atoms with Crippen molar-refractivity contribution in [3.05, 3.63) is 29.8 Å². The number of carbonyl (C=O) groups is 1. The SMILES string of the molecule is CC(C)C.NC(=O)Cc1cccc(N)c1. The van der Waals surface area contributed by atoms with Crippen molar-refractivity contribution in [3.63, 3.8) is 0 Å². The van der Waals surface area contributed by atoms with E-state index in [2.05, 4.69) is 20.8 Å². The van der Waals surface area contributed by atoms with E-state index >= 15 is 0 Å². The Morgan fingerprint density at radius 2 is 1.87 bits per heavy atom. The van der Waals surface area contributed by atoms with Gasteiger partial charge in [0.2, 0.25) is 5.91 Å². The number of nitrogen functional groups attached to an aromatic ring is 1. The summed E-state index contributed by atoms with van der Waals surface area (Å²) < 4.78 is 0. The lowest BCUT2D eigenvalue weighted by Gasteiger charge is -1.97. The van der Waals surface area contributed by atoms with Gasteiger partial charge in [0, 0.05) is 5.69 Å². The first kappa shape index (κ1) is 13.5. The second-order valence-electron chi connectivity index (χ2n) is 4.12. The molecule has 3 heteroatoms. The number of nitrogens with two attached hydrogens (primary N) is 2. The first-order chi connectivity index (χ1) is 6.91. The molecule has 0 saturated carbocycles. The Hall–Kier alpha value is -1.51. The number of carbonyl (C=O) groups excluding carboxylic acids is 1. The zero-order valence-electron chi connectivity index (χ0n) is 9.66. The molecule has 3 nitrogen and oxygen atoms in total. The largest absolute Gasteiger partial charge is 0.399 e. The summed E-state index contributed by atoms with van der Waals surface area (Å²) in [6.45, 7) is 6.50. The summed E-state index contributed by atoms with van der Waals surface area (Å²) in [5.41, 5.74) is 12.0. The van der Waals surface area contributed by atoms with Crippen LogP contribution in [-0.4, -0.2) is 5.91 Å². The van der Waals surface area contributed by atoms with Crippen LogP contribution >= 0.6 is 0 Å². The average Bonchev–Trinajstić information content (AvgIpc) is 2.00. The van der Waals surface area contributed by atoms with Crippen molar-refractivity contribution in [2.45, 2.75) is 27.2 Å². The third-order valence-electron chi connectivity index (χ3n) is 1.33. The summed E-state index contributed by atoms with van der Waals surface area (Å²) in [7, 11) is 0. The molecule has 4 N–H and O–H groups in total. The number of anilines is 1. The van der Waals surface area contributed by atoms with Crippen LogP contribution in [0.1, 0.15) is 26.3 Å². The predicted molar refractivity (Wildman–Crippen MR) is 64.3 cm³/mol. The summed E-state index contributed by atoms with van der Waals surface area (Å²) in [5.74, 6) is 0.496. The van der Waals surface area contributed by atoms with E-state index in [1.165, 1.54) is 0 Å². The standard InChI is InChI=1S/C8H10N2O.C4H10/c9-7-3-1-2-6(4-7)5-8(10)11;1-4(2)3/h1-4H,5,9H2,(H2,10,11);4H,1-3H3. The van der Waals surface area contributed by atoms with Gasteiger partial charge in [-0.1, -0.05) is 32.9 Å². The van der Waals surface area contributed by atoms with Gasteiger partial charge < -0.3 is 11.5 Å². The topological polar surface area (TPSA) is 69.1 Å². The fraction of sp³-hybridized carbons (Fsp3) is 0.417. The summed E-state index contributed by atoms with van der Waals surface area (Å²) in [4.78, 5) is 10.5. The molecule has 0 aliphatic carbocycles. The van der Waals surface area contributed by atoms with Crippen molar-refractivity contribution in [2.75, 3.05) is 5.73 Å². The van der Waals surface area contributed by atoms with Gasteiger partial charge in [0.15, 0.2) is 0 Å². The van der Waals surface area contributed by atoms with Crippen molar-refractivity contribution in [3.8, 4) is 0 Å². The Labute approximate surface area is 91.5 Å². The molecule has 0 spiro atoms. The molecule has 15 heavy (non-hydrogen) atoms. The quantitative estimate of drug-likeness (QED) is 0.729. The van der Waals surface area contributed by atoms with Crippen molar-refractivity contribution in [1.82, 2.24) is 0 Å². The van der Waals surface area contributed by atoms with Crippen LogP contribution in [0.5, 0.6) is 0 Å². The minimum absolute atomic E-state index is 0.255. The highest BCUT2D eigenvalue weighted by Gasteiger charge is 1.96. The van der Waals surface area contributed by atoms with Gasteiger partial charge >= 0.3 is 0 Å². The van der Waals surface area contributed by atoms with Crippen LogP contribution in [0.2, 0.25) is 0 Å². The first-order valence-electron chi connectivity index (χ1n) is 5.04. The van der Waals surface area contributed by atoms with Crippen molar-refractivity contribution >= 4 is 11.6 Å². The van der Waals surface area contributed by atoms with E-state index in [1.807, 2.05) is 6.07 Å². The molecule has 0 fully saturated rings. The summed E-state index contributed by atoms with van der Waals surface area (Å²) in [5, 5.41) is 0. The lowest BCUT2D eigenvalue weighted by molar-refractivity contribution is -0.117. The smallest absolute Gasteiger partial charge is 0.221 e. The lowest BCUT2D eigenvalue weighted by atomic mass is 10.1. The second kappa shape index (κ2) is 6.87. The monoisotopic (exact) mass is 208 g/mol. The Kier molecular flexibility index (Phi) is 6.18. The van der Waals surface area contributed by atoms with Crippen LogP contribution in [0.4, 0.5) is 5.69 Å². The number of benzene rings is 1. The molecule has 1 aromatic carbocycles. The van der Waals surface area contributed by atoms with Crippen LogP contribution in [-0.2, 0) is 11.2 Å². The van der Waals surface area contributed by atoms with E-state index in [4.69, 9.17) is 11.5 Å². The Bertz CT molecular complexity index is 305. The maximum Gasteiger partial charge on any atom is 0.221 e. The molecular formula is C12H20N2O. The Morgan fingerprint density at radius 3 is 2.27 bits per heavy atom. The summed E-state index contributed by atoms with van der Waals surface area (Å²) in [6.07, 6.45) is 0.255. The molecule has 0 unspecified atom stereocenters. The second-order valence-corrected chi connectivity index (χ2v) is 4.12. The first-order valence-corrected chi connectivity index (χ1v) is 5.04. The maximum absolute atomic E-state index is 10.5.